The average Bonchev–Trinajstić information content (AvgIpc) is 3.37. The van der Waals surface area contributed by atoms with E-state index in [-0.39, 0.29) is 12.1 Å². The lowest BCUT2D eigenvalue weighted by Gasteiger charge is -2.29. The Kier molecular flexibility index (Phi) is 5.05. The fraction of sp³-hybridized carbons (Fsp3) is 0.364. The minimum absolute atomic E-state index is 0.0227. The lowest BCUT2D eigenvalue weighted by atomic mass is 10.0. The molecule has 150 valence electrons. The molecule has 3 heterocycles. The van der Waals surface area contributed by atoms with E-state index in [1.165, 1.54) is 0 Å². The van der Waals surface area contributed by atoms with Crippen LogP contribution in [0.3, 0.4) is 0 Å². The lowest BCUT2D eigenvalue weighted by Crippen LogP contribution is -2.36. The number of nitrogens with zero attached hydrogens (tertiary/aromatic N) is 4. The van der Waals surface area contributed by atoms with Gasteiger partial charge in [0, 0.05) is 30.1 Å². The Hall–Kier alpha value is -3.22. The molecule has 1 amide bonds. The summed E-state index contributed by atoms with van der Waals surface area (Å²) < 4.78 is 11.0. The number of hydrogen-bond donors (Lipinski definition) is 0. The van der Waals surface area contributed by atoms with Gasteiger partial charge in [-0.2, -0.15) is 4.98 Å². The van der Waals surface area contributed by atoms with Crippen molar-refractivity contribution in [1.82, 2.24) is 20.0 Å². The van der Waals surface area contributed by atoms with E-state index >= 15 is 0 Å². The molecule has 7 heteroatoms. The summed E-state index contributed by atoms with van der Waals surface area (Å²) in [5.41, 5.74) is 2.14. The number of hydrogen-bond acceptors (Lipinski definition) is 6. The van der Waals surface area contributed by atoms with Gasteiger partial charge in [-0.25, -0.2) is 4.79 Å². The van der Waals surface area contributed by atoms with Crippen molar-refractivity contribution in [3.8, 4) is 22.8 Å². The zero-order valence-corrected chi connectivity index (χ0v) is 16.8. The normalized spacial score (nSPS) is 16.8. The van der Waals surface area contributed by atoms with Gasteiger partial charge >= 0.3 is 6.09 Å². The van der Waals surface area contributed by atoms with Gasteiger partial charge in [0.2, 0.25) is 5.82 Å². The van der Waals surface area contributed by atoms with Crippen molar-refractivity contribution in [2.75, 3.05) is 6.54 Å². The Balaban J connectivity index is 1.58. The molecule has 7 nitrogen and oxygen atoms in total. The second-order valence-electron chi connectivity index (χ2n) is 8.12. The second-order valence-corrected chi connectivity index (χ2v) is 8.12. The number of aromatic nitrogens is 3. The third-order valence-electron chi connectivity index (χ3n) is 4.74. The molecule has 1 aliphatic heterocycles. The lowest BCUT2D eigenvalue weighted by molar-refractivity contribution is 0.0224. The minimum atomic E-state index is -0.515. The van der Waals surface area contributed by atoms with Crippen LogP contribution in [0.4, 0.5) is 4.79 Å². The summed E-state index contributed by atoms with van der Waals surface area (Å²) in [6.45, 7) is 6.33. The molecule has 29 heavy (non-hydrogen) atoms. The molecule has 1 aromatic carbocycles. The molecular weight excluding hydrogens is 368 g/mol. The van der Waals surface area contributed by atoms with Crippen LogP contribution in [0.5, 0.6) is 0 Å². The van der Waals surface area contributed by atoms with Gasteiger partial charge in [0.1, 0.15) is 5.60 Å². The summed E-state index contributed by atoms with van der Waals surface area (Å²) in [6, 6.07) is 11.6. The monoisotopic (exact) mass is 392 g/mol. The molecule has 0 unspecified atom stereocenters. The van der Waals surface area contributed by atoms with Crippen LogP contribution in [0, 0.1) is 0 Å². The topological polar surface area (TPSA) is 81.4 Å². The molecule has 0 saturated carbocycles. The van der Waals surface area contributed by atoms with Crippen molar-refractivity contribution in [2.45, 2.75) is 45.3 Å². The van der Waals surface area contributed by atoms with Crippen LogP contribution in [0.25, 0.3) is 22.8 Å². The Morgan fingerprint density at radius 1 is 1.21 bits per heavy atom. The molecule has 4 rings (SSSR count). The fourth-order valence-corrected chi connectivity index (χ4v) is 3.48. The first-order chi connectivity index (χ1) is 13.9. The summed E-state index contributed by atoms with van der Waals surface area (Å²) in [6.07, 6.45) is 4.96. The predicted octanol–water partition coefficient (Wildman–Crippen LogP) is 4.87. The number of carbonyl (C=O) groups excluding carboxylic acids is 1. The zero-order chi connectivity index (χ0) is 20.4. The quantitative estimate of drug-likeness (QED) is 0.632. The average molecular weight is 392 g/mol. The van der Waals surface area contributed by atoms with Crippen LogP contribution >= 0.6 is 0 Å². The predicted molar refractivity (Wildman–Crippen MR) is 108 cm³/mol. The van der Waals surface area contributed by atoms with E-state index in [2.05, 4.69) is 15.1 Å². The van der Waals surface area contributed by atoms with E-state index in [0.29, 0.717) is 18.3 Å². The molecule has 0 spiro atoms. The summed E-state index contributed by atoms with van der Waals surface area (Å²) in [5.74, 6) is 0.933. The maximum Gasteiger partial charge on any atom is 0.410 e. The van der Waals surface area contributed by atoms with E-state index in [1.54, 1.807) is 17.3 Å². The summed E-state index contributed by atoms with van der Waals surface area (Å²) in [4.78, 5) is 23.0. The maximum absolute atomic E-state index is 12.6. The highest BCUT2D eigenvalue weighted by Crippen LogP contribution is 2.35. The number of likely N-dealkylation sites (tertiary alicyclic amines) is 1. The van der Waals surface area contributed by atoms with E-state index in [4.69, 9.17) is 9.26 Å². The molecule has 1 aliphatic rings. The minimum Gasteiger partial charge on any atom is -0.444 e. The highest BCUT2D eigenvalue weighted by molar-refractivity contribution is 5.69. The van der Waals surface area contributed by atoms with Crippen LogP contribution in [0.1, 0.15) is 45.2 Å². The zero-order valence-electron chi connectivity index (χ0n) is 16.8. The number of ether oxygens (including phenoxy) is 1. The van der Waals surface area contributed by atoms with Gasteiger partial charge in [-0.3, -0.25) is 4.98 Å². The van der Waals surface area contributed by atoms with Crippen molar-refractivity contribution >= 4 is 6.09 Å². The molecule has 0 aliphatic carbocycles. The van der Waals surface area contributed by atoms with Crippen LogP contribution < -0.4 is 0 Å². The molecule has 1 atom stereocenters. The van der Waals surface area contributed by atoms with Crippen LogP contribution in [0.15, 0.2) is 53.3 Å². The number of carbonyl (C=O) groups is 1. The summed E-state index contributed by atoms with van der Waals surface area (Å²) >= 11 is 0. The maximum atomic E-state index is 12.6. The largest absolute Gasteiger partial charge is 0.444 e. The van der Waals surface area contributed by atoms with E-state index in [9.17, 15) is 4.79 Å². The SMILES string of the molecule is CC(C)(C)OC(=O)N1CCC[C@@H]1c1cccc(-c2nc(-c3cccnc3)no2)c1. The van der Waals surface area contributed by atoms with Gasteiger partial charge in [-0.1, -0.05) is 17.3 Å². The van der Waals surface area contributed by atoms with Gasteiger partial charge in [0.05, 0.1) is 6.04 Å². The Morgan fingerprint density at radius 2 is 2.03 bits per heavy atom. The summed E-state index contributed by atoms with van der Waals surface area (Å²) in [5, 5.41) is 4.06. The van der Waals surface area contributed by atoms with Gasteiger partial charge in [0.25, 0.3) is 5.89 Å². The Labute approximate surface area is 169 Å². The molecular formula is C22H24N4O3. The van der Waals surface area contributed by atoms with Crippen molar-refractivity contribution in [2.24, 2.45) is 0 Å². The van der Waals surface area contributed by atoms with Gasteiger partial charge in [0.15, 0.2) is 0 Å². The van der Waals surface area contributed by atoms with Crippen LogP contribution in [-0.4, -0.2) is 38.3 Å². The molecule has 1 fully saturated rings. The molecule has 0 bridgehead atoms. The van der Waals surface area contributed by atoms with Gasteiger partial charge in [-0.05, 0) is 63.4 Å². The first-order valence-corrected chi connectivity index (χ1v) is 9.75. The Morgan fingerprint density at radius 3 is 2.79 bits per heavy atom. The van der Waals surface area contributed by atoms with Crippen molar-refractivity contribution in [3.63, 3.8) is 0 Å². The van der Waals surface area contributed by atoms with Crippen LogP contribution in [0.2, 0.25) is 0 Å². The van der Waals surface area contributed by atoms with Crippen molar-refractivity contribution < 1.29 is 14.1 Å². The fourth-order valence-electron chi connectivity index (χ4n) is 3.48. The highest BCUT2D eigenvalue weighted by atomic mass is 16.6. The van der Waals surface area contributed by atoms with Crippen molar-refractivity contribution in [1.29, 1.82) is 0 Å². The third kappa shape index (κ3) is 4.29. The molecule has 2 aromatic heterocycles. The smallest absolute Gasteiger partial charge is 0.410 e. The molecule has 1 saturated heterocycles. The van der Waals surface area contributed by atoms with E-state index in [1.807, 2.05) is 57.2 Å². The number of benzene rings is 1. The first kappa shape index (κ1) is 19.1. The van der Waals surface area contributed by atoms with Gasteiger partial charge in [-0.15, -0.1) is 0 Å². The molecule has 0 radical (unpaired) electrons. The van der Waals surface area contributed by atoms with Crippen molar-refractivity contribution in [3.05, 3.63) is 54.4 Å². The first-order valence-electron chi connectivity index (χ1n) is 9.75. The standard InChI is InChI=1S/C22H24N4O3/c1-22(2,3)28-21(27)26-12-6-10-18(26)15-7-4-8-16(13-15)20-24-19(25-29-20)17-9-5-11-23-14-17/h4-5,7-9,11,13-14,18H,6,10,12H2,1-3H3/t18-/m1/s1. The van der Waals surface area contributed by atoms with Gasteiger partial charge < -0.3 is 14.2 Å². The summed E-state index contributed by atoms with van der Waals surface area (Å²) in [7, 11) is 0. The third-order valence-corrected chi connectivity index (χ3v) is 4.74. The molecule has 3 aromatic rings. The number of amides is 1. The van der Waals surface area contributed by atoms with Crippen LogP contribution in [-0.2, 0) is 4.74 Å². The highest BCUT2D eigenvalue weighted by Gasteiger charge is 2.33. The molecule has 0 N–H and O–H groups in total. The van der Waals surface area contributed by atoms with E-state index in [0.717, 1.165) is 29.5 Å². The second kappa shape index (κ2) is 7.66. The Bertz CT molecular complexity index is 995. The number of pyridine rings is 1. The number of rotatable bonds is 3. The van der Waals surface area contributed by atoms with E-state index < -0.39 is 5.60 Å².